The fraction of sp³-hybridized carbons (Fsp3) is 0.136. The third-order valence-electron chi connectivity index (χ3n) is 4.61. The molecule has 33 heavy (non-hydrogen) atoms. The second-order valence-corrected chi connectivity index (χ2v) is 7.49. The molecule has 0 saturated carbocycles. The summed E-state index contributed by atoms with van der Waals surface area (Å²) >= 11 is 1.44. The number of rotatable bonds is 7. The lowest BCUT2D eigenvalue weighted by Crippen LogP contribution is -2.16. The SMILES string of the molecule is COc1cc(C(=O)Nc2cc(C(F)(F)F)ccc2-n2cccn2)ccc1OCc1cscn1. The Morgan fingerprint density at radius 1 is 1.18 bits per heavy atom. The van der Waals surface area contributed by atoms with Crippen LogP contribution in [0.3, 0.4) is 0 Å². The van der Waals surface area contributed by atoms with E-state index >= 15 is 0 Å². The Labute approximate surface area is 190 Å². The van der Waals surface area contributed by atoms with E-state index in [0.717, 1.165) is 17.8 Å². The van der Waals surface area contributed by atoms with Crippen molar-refractivity contribution in [1.29, 1.82) is 0 Å². The minimum absolute atomic E-state index is 0.0404. The van der Waals surface area contributed by atoms with Crippen LogP contribution < -0.4 is 14.8 Å². The zero-order valence-corrected chi connectivity index (χ0v) is 18.0. The van der Waals surface area contributed by atoms with Gasteiger partial charge in [0.1, 0.15) is 6.61 Å². The molecule has 0 aliphatic heterocycles. The van der Waals surface area contributed by atoms with Crippen molar-refractivity contribution in [2.45, 2.75) is 12.8 Å². The van der Waals surface area contributed by atoms with Crippen LogP contribution in [0.4, 0.5) is 18.9 Å². The molecule has 2 heterocycles. The highest BCUT2D eigenvalue weighted by molar-refractivity contribution is 7.07. The molecule has 0 aliphatic rings. The van der Waals surface area contributed by atoms with Gasteiger partial charge >= 0.3 is 6.18 Å². The zero-order valence-electron chi connectivity index (χ0n) is 17.2. The number of alkyl halides is 3. The number of anilines is 1. The van der Waals surface area contributed by atoms with E-state index in [1.165, 1.54) is 47.5 Å². The maximum Gasteiger partial charge on any atom is 0.416 e. The van der Waals surface area contributed by atoms with Gasteiger partial charge in [0.25, 0.3) is 5.91 Å². The topological polar surface area (TPSA) is 78.3 Å². The third-order valence-corrected chi connectivity index (χ3v) is 5.24. The lowest BCUT2D eigenvalue weighted by Gasteiger charge is -2.15. The van der Waals surface area contributed by atoms with Gasteiger partial charge in [0.2, 0.25) is 0 Å². The molecule has 1 amide bonds. The van der Waals surface area contributed by atoms with E-state index in [9.17, 15) is 18.0 Å². The molecule has 7 nitrogen and oxygen atoms in total. The number of benzene rings is 2. The summed E-state index contributed by atoms with van der Waals surface area (Å²) < 4.78 is 52.1. The molecule has 0 atom stereocenters. The fourth-order valence-electron chi connectivity index (χ4n) is 3.01. The van der Waals surface area contributed by atoms with E-state index < -0.39 is 17.6 Å². The van der Waals surface area contributed by atoms with Gasteiger partial charge < -0.3 is 14.8 Å². The Kier molecular flexibility index (Phi) is 6.31. The van der Waals surface area contributed by atoms with Crippen molar-refractivity contribution in [1.82, 2.24) is 14.8 Å². The largest absolute Gasteiger partial charge is 0.493 e. The molecular weight excluding hydrogens is 457 g/mol. The van der Waals surface area contributed by atoms with Crippen molar-refractivity contribution in [3.63, 3.8) is 0 Å². The lowest BCUT2D eigenvalue weighted by atomic mass is 10.1. The molecule has 1 N–H and O–H groups in total. The number of amides is 1. The quantitative estimate of drug-likeness (QED) is 0.399. The third kappa shape index (κ3) is 5.14. The molecule has 0 aliphatic carbocycles. The van der Waals surface area contributed by atoms with E-state index in [1.54, 1.807) is 23.8 Å². The van der Waals surface area contributed by atoms with Gasteiger partial charge in [-0.1, -0.05) is 0 Å². The molecule has 0 saturated heterocycles. The lowest BCUT2D eigenvalue weighted by molar-refractivity contribution is -0.137. The fourth-order valence-corrected chi connectivity index (χ4v) is 3.55. The molecule has 0 bridgehead atoms. The number of hydrogen-bond acceptors (Lipinski definition) is 6. The van der Waals surface area contributed by atoms with Crippen molar-refractivity contribution < 1.29 is 27.4 Å². The number of hydrogen-bond donors (Lipinski definition) is 1. The van der Waals surface area contributed by atoms with Crippen molar-refractivity contribution >= 4 is 22.9 Å². The number of methoxy groups -OCH3 is 1. The van der Waals surface area contributed by atoms with Crippen LogP contribution in [0.15, 0.2) is 65.7 Å². The summed E-state index contributed by atoms with van der Waals surface area (Å²) in [5.41, 5.74) is 1.97. The molecule has 4 rings (SSSR count). The highest BCUT2D eigenvalue weighted by Gasteiger charge is 2.31. The molecule has 0 fully saturated rings. The molecule has 2 aromatic carbocycles. The van der Waals surface area contributed by atoms with E-state index in [1.807, 2.05) is 5.38 Å². The predicted molar refractivity (Wildman–Crippen MR) is 116 cm³/mol. The van der Waals surface area contributed by atoms with Crippen LogP contribution in [0, 0.1) is 0 Å². The normalized spacial score (nSPS) is 11.3. The van der Waals surface area contributed by atoms with Gasteiger partial charge in [-0.15, -0.1) is 11.3 Å². The van der Waals surface area contributed by atoms with Crippen LogP contribution in [0.5, 0.6) is 11.5 Å². The number of halogens is 3. The Morgan fingerprint density at radius 3 is 2.70 bits per heavy atom. The summed E-state index contributed by atoms with van der Waals surface area (Å²) in [5.74, 6) is 0.0830. The van der Waals surface area contributed by atoms with Crippen LogP contribution in [0.2, 0.25) is 0 Å². The molecular formula is C22H17F3N4O3S. The molecule has 0 radical (unpaired) electrons. The van der Waals surface area contributed by atoms with Gasteiger partial charge in [0.05, 0.1) is 35.3 Å². The number of nitrogens with zero attached hydrogens (tertiary/aromatic N) is 3. The highest BCUT2D eigenvalue weighted by Crippen LogP contribution is 2.34. The maximum atomic E-state index is 13.3. The molecule has 11 heteroatoms. The molecule has 170 valence electrons. The Bertz CT molecular complexity index is 1240. The molecule has 0 spiro atoms. The molecule has 2 aromatic heterocycles. The van der Waals surface area contributed by atoms with Crippen LogP contribution in [0.1, 0.15) is 21.6 Å². The number of carbonyl (C=O) groups is 1. The minimum atomic E-state index is -4.57. The Hall–Kier alpha value is -3.86. The van der Waals surface area contributed by atoms with Crippen LogP contribution in [-0.2, 0) is 12.8 Å². The van der Waals surface area contributed by atoms with Gasteiger partial charge in [-0.2, -0.15) is 18.3 Å². The highest BCUT2D eigenvalue weighted by atomic mass is 32.1. The summed E-state index contributed by atoms with van der Waals surface area (Å²) in [6.07, 6.45) is -1.52. The average molecular weight is 474 g/mol. The van der Waals surface area contributed by atoms with Crippen molar-refractivity contribution in [2.75, 3.05) is 12.4 Å². The summed E-state index contributed by atoms with van der Waals surface area (Å²) in [5, 5.41) is 8.44. The van der Waals surface area contributed by atoms with E-state index in [-0.39, 0.29) is 23.5 Å². The molecule has 4 aromatic rings. The maximum absolute atomic E-state index is 13.3. The van der Waals surface area contributed by atoms with Crippen molar-refractivity contribution in [3.05, 3.63) is 82.6 Å². The summed E-state index contributed by atoms with van der Waals surface area (Å²) in [4.78, 5) is 17.0. The second kappa shape index (κ2) is 9.33. The Morgan fingerprint density at radius 2 is 2.03 bits per heavy atom. The van der Waals surface area contributed by atoms with E-state index in [2.05, 4.69) is 15.4 Å². The van der Waals surface area contributed by atoms with Gasteiger partial charge in [0.15, 0.2) is 11.5 Å². The van der Waals surface area contributed by atoms with Crippen LogP contribution in [-0.4, -0.2) is 27.8 Å². The zero-order chi connectivity index (χ0) is 23.4. The first-order chi connectivity index (χ1) is 15.8. The minimum Gasteiger partial charge on any atom is -0.493 e. The van der Waals surface area contributed by atoms with Gasteiger partial charge in [-0.25, -0.2) is 9.67 Å². The van der Waals surface area contributed by atoms with Gasteiger partial charge in [-0.3, -0.25) is 4.79 Å². The monoisotopic (exact) mass is 474 g/mol. The van der Waals surface area contributed by atoms with Crippen LogP contribution in [0.25, 0.3) is 5.69 Å². The average Bonchev–Trinajstić information content (AvgIpc) is 3.51. The first-order valence-corrected chi connectivity index (χ1v) is 10.5. The summed E-state index contributed by atoms with van der Waals surface area (Å²) in [7, 11) is 1.43. The number of aromatic nitrogens is 3. The predicted octanol–water partition coefficient (Wildman–Crippen LogP) is 5.19. The number of thiazole rings is 1. The first-order valence-electron chi connectivity index (χ1n) is 9.55. The number of ether oxygens (including phenoxy) is 2. The van der Waals surface area contributed by atoms with E-state index in [0.29, 0.717) is 11.5 Å². The van der Waals surface area contributed by atoms with Crippen LogP contribution >= 0.6 is 11.3 Å². The number of carbonyl (C=O) groups excluding carboxylic acids is 1. The molecule has 0 unspecified atom stereocenters. The standard InChI is InChI=1S/C22H17F3N4O3S/c1-31-20-9-14(3-6-19(20)32-11-16-12-33-13-26-16)21(30)28-17-10-15(22(23,24)25)4-5-18(17)29-8-2-7-27-29/h2-10,12-13H,11H2,1H3,(H,28,30). The van der Waals surface area contributed by atoms with Crippen molar-refractivity contribution in [3.8, 4) is 17.2 Å². The first kappa shape index (κ1) is 22.3. The van der Waals surface area contributed by atoms with Crippen molar-refractivity contribution in [2.24, 2.45) is 0 Å². The smallest absolute Gasteiger partial charge is 0.416 e. The summed E-state index contributed by atoms with van der Waals surface area (Å²) in [6, 6.07) is 9.19. The van der Waals surface area contributed by atoms with Gasteiger partial charge in [0, 0.05) is 23.3 Å². The van der Waals surface area contributed by atoms with Gasteiger partial charge in [-0.05, 0) is 42.5 Å². The summed E-state index contributed by atoms with van der Waals surface area (Å²) in [6.45, 7) is 0.225. The second-order valence-electron chi connectivity index (χ2n) is 6.77. The number of nitrogens with one attached hydrogen (secondary N) is 1. The van der Waals surface area contributed by atoms with E-state index in [4.69, 9.17) is 9.47 Å². The Balaban J connectivity index is 1.59.